The van der Waals surface area contributed by atoms with E-state index in [1.165, 1.54) is 17.2 Å². The van der Waals surface area contributed by atoms with Crippen molar-refractivity contribution in [2.24, 2.45) is 0 Å². The lowest BCUT2D eigenvalue weighted by Crippen LogP contribution is -2.37. The van der Waals surface area contributed by atoms with Gasteiger partial charge in [0, 0.05) is 19.3 Å². The molecule has 2 aromatic carbocycles. The summed E-state index contributed by atoms with van der Waals surface area (Å²) in [6, 6.07) is 10.8. The van der Waals surface area contributed by atoms with E-state index in [1.807, 2.05) is 37.3 Å². The van der Waals surface area contributed by atoms with E-state index in [1.54, 1.807) is 0 Å². The monoisotopic (exact) mass is 436 g/mol. The van der Waals surface area contributed by atoms with Crippen molar-refractivity contribution in [3.63, 3.8) is 0 Å². The summed E-state index contributed by atoms with van der Waals surface area (Å²) in [6.45, 7) is 2.50. The molecule has 1 saturated heterocycles. The summed E-state index contributed by atoms with van der Waals surface area (Å²) in [5.74, 6) is -0.936. The molecular formula is C23H24N4O5. The van der Waals surface area contributed by atoms with E-state index < -0.39 is 28.6 Å². The standard InChI is InChI=1S/C23H24N4O5/c1-2-15(13-6-4-3-5-7-13)25-17-18(22(31)21(17)30)26-16-8-10-24-19(20(16)29)23(32)27-11-9-14(28)12-27/h3-8,10,14-15,25,28-29H,2,9,11-12H2,1H3,(H,24,26). The van der Waals surface area contributed by atoms with Crippen molar-refractivity contribution in [2.75, 3.05) is 23.7 Å². The maximum atomic E-state index is 12.7. The summed E-state index contributed by atoms with van der Waals surface area (Å²) in [5, 5.41) is 26.2. The molecule has 4 rings (SSSR count). The van der Waals surface area contributed by atoms with E-state index in [-0.39, 0.29) is 35.3 Å². The number of aromatic nitrogens is 1. The van der Waals surface area contributed by atoms with Crippen molar-refractivity contribution in [3.05, 3.63) is 74.3 Å². The van der Waals surface area contributed by atoms with Crippen LogP contribution in [0.4, 0.5) is 17.1 Å². The minimum Gasteiger partial charge on any atom is -0.504 e. The van der Waals surface area contributed by atoms with Gasteiger partial charge in [-0.25, -0.2) is 4.98 Å². The van der Waals surface area contributed by atoms with Crippen LogP contribution in [-0.2, 0) is 0 Å². The van der Waals surface area contributed by atoms with E-state index >= 15 is 0 Å². The van der Waals surface area contributed by atoms with Gasteiger partial charge in [0.15, 0.2) is 11.4 Å². The predicted octanol–water partition coefficient (Wildman–Crippen LogP) is 1.90. The molecule has 4 N–H and O–H groups in total. The van der Waals surface area contributed by atoms with Gasteiger partial charge in [0.2, 0.25) is 0 Å². The number of aromatic hydroxyl groups is 1. The fourth-order valence-electron chi connectivity index (χ4n) is 3.85. The smallest absolute Gasteiger partial charge is 0.276 e. The third kappa shape index (κ3) is 3.94. The van der Waals surface area contributed by atoms with E-state index in [0.717, 1.165) is 5.56 Å². The first-order chi connectivity index (χ1) is 15.4. The lowest BCUT2D eigenvalue weighted by molar-refractivity contribution is 0.0756. The number of amides is 1. The van der Waals surface area contributed by atoms with Crippen LogP contribution in [-0.4, -0.2) is 45.2 Å². The van der Waals surface area contributed by atoms with Crippen molar-refractivity contribution >= 4 is 23.0 Å². The molecule has 1 aromatic heterocycles. The lowest BCUT2D eigenvalue weighted by atomic mass is 10.0. The molecule has 0 bridgehead atoms. The molecule has 2 unspecified atom stereocenters. The number of β-amino-alcohol motifs (C(OH)–C–C–N with tert-alkyl or cyclic N) is 1. The van der Waals surface area contributed by atoms with E-state index in [0.29, 0.717) is 19.4 Å². The second-order valence-corrected chi connectivity index (χ2v) is 7.80. The molecule has 0 spiro atoms. The molecule has 0 saturated carbocycles. The predicted molar refractivity (Wildman–Crippen MR) is 120 cm³/mol. The molecular weight excluding hydrogens is 412 g/mol. The number of nitrogens with one attached hydrogen (secondary N) is 2. The summed E-state index contributed by atoms with van der Waals surface area (Å²) in [5.41, 5.74) is -0.307. The first-order valence-corrected chi connectivity index (χ1v) is 10.5. The number of aliphatic hydroxyl groups is 1. The number of benzene rings is 1. The number of carbonyl (C=O) groups excluding carboxylic acids is 1. The van der Waals surface area contributed by atoms with Gasteiger partial charge >= 0.3 is 0 Å². The van der Waals surface area contributed by atoms with Crippen LogP contribution in [0.2, 0.25) is 0 Å². The van der Waals surface area contributed by atoms with Gasteiger partial charge < -0.3 is 25.7 Å². The fourth-order valence-corrected chi connectivity index (χ4v) is 3.85. The van der Waals surface area contributed by atoms with Gasteiger partial charge in [0.25, 0.3) is 16.8 Å². The highest BCUT2D eigenvalue weighted by Crippen LogP contribution is 2.32. The Bertz CT molecular complexity index is 1200. The number of hydrogen-bond acceptors (Lipinski definition) is 8. The number of rotatable bonds is 7. The zero-order valence-electron chi connectivity index (χ0n) is 17.5. The van der Waals surface area contributed by atoms with Crippen LogP contribution in [0.3, 0.4) is 0 Å². The maximum Gasteiger partial charge on any atom is 0.276 e. The van der Waals surface area contributed by atoms with Crippen molar-refractivity contribution < 1.29 is 15.0 Å². The van der Waals surface area contributed by atoms with Crippen LogP contribution in [0, 0.1) is 0 Å². The molecule has 1 aliphatic rings. The zero-order valence-corrected chi connectivity index (χ0v) is 17.5. The van der Waals surface area contributed by atoms with Crippen molar-refractivity contribution in [1.29, 1.82) is 0 Å². The second kappa shape index (κ2) is 8.80. The molecule has 3 aromatic rings. The van der Waals surface area contributed by atoms with Crippen LogP contribution in [0.15, 0.2) is 52.2 Å². The van der Waals surface area contributed by atoms with Crippen molar-refractivity contribution in [2.45, 2.75) is 31.9 Å². The number of likely N-dealkylation sites (tertiary alicyclic amines) is 1. The Morgan fingerprint density at radius 1 is 1.19 bits per heavy atom. The molecule has 1 amide bonds. The van der Waals surface area contributed by atoms with E-state index in [9.17, 15) is 24.6 Å². The molecule has 9 heteroatoms. The SMILES string of the molecule is CCC(Nc1c(Nc2ccnc(C(=O)N3CCC(O)C3)c2O)c(=O)c1=O)c1ccccc1. The first-order valence-electron chi connectivity index (χ1n) is 10.5. The number of aliphatic hydroxyl groups excluding tert-OH is 1. The first kappa shape index (κ1) is 21.5. The zero-order chi connectivity index (χ0) is 22.8. The Kier molecular flexibility index (Phi) is 5.91. The third-order valence-corrected chi connectivity index (χ3v) is 5.68. The fraction of sp³-hybridized carbons (Fsp3) is 0.304. The number of anilines is 3. The maximum absolute atomic E-state index is 12.7. The summed E-state index contributed by atoms with van der Waals surface area (Å²) in [6.07, 6.45) is 1.88. The van der Waals surface area contributed by atoms with E-state index in [2.05, 4.69) is 15.6 Å². The second-order valence-electron chi connectivity index (χ2n) is 7.80. The molecule has 9 nitrogen and oxygen atoms in total. The highest BCUT2D eigenvalue weighted by Gasteiger charge is 2.30. The average Bonchev–Trinajstić information content (AvgIpc) is 3.25. The third-order valence-electron chi connectivity index (χ3n) is 5.68. The Labute approximate surface area is 184 Å². The van der Waals surface area contributed by atoms with Crippen molar-refractivity contribution in [1.82, 2.24) is 9.88 Å². The summed E-state index contributed by atoms with van der Waals surface area (Å²) >= 11 is 0. The largest absolute Gasteiger partial charge is 0.504 e. The van der Waals surface area contributed by atoms with Gasteiger partial charge in [-0.2, -0.15) is 0 Å². The average molecular weight is 436 g/mol. The van der Waals surface area contributed by atoms with Crippen LogP contribution in [0.25, 0.3) is 0 Å². The number of carbonyl (C=O) groups is 1. The normalized spacial score (nSPS) is 16.8. The minimum absolute atomic E-state index is 0.0286. The van der Waals surface area contributed by atoms with Gasteiger partial charge in [-0.1, -0.05) is 37.3 Å². The van der Waals surface area contributed by atoms with Gasteiger partial charge in [0.05, 0.1) is 17.8 Å². The van der Waals surface area contributed by atoms with Crippen LogP contribution in [0.1, 0.15) is 41.9 Å². The van der Waals surface area contributed by atoms with Crippen LogP contribution < -0.4 is 21.5 Å². The highest BCUT2D eigenvalue weighted by atomic mass is 16.3. The summed E-state index contributed by atoms with van der Waals surface area (Å²) in [4.78, 5) is 42.5. The minimum atomic E-state index is -0.706. The Hall–Kier alpha value is -3.72. The number of pyridine rings is 1. The molecule has 1 aliphatic heterocycles. The van der Waals surface area contributed by atoms with E-state index in [4.69, 9.17) is 0 Å². The molecule has 166 valence electrons. The number of hydrogen-bond donors (Lipinski definition) is 4. The Morgan fingerprint density at radius 2 is 1.91 bits per heavy atom. The number of nitrogens with zero attached hydrogens (tertiary/aromatic N) is 2. The Morgan fingerprint density at radius 3 is 2.56 bits per heavy atom. The molecule has 2 atom stereocenters. The van der Waals surface area contributed by atoms with Gasteiger partial charge in [-0.3, -0.25) is 14.4 Å². The molecule has 0 radical (unpaired) electrons. The lowest BCUT2D eigenvalue weighted by Gasteiger charge is -2.22. The molecule has 1 fully saturated rings. The van der Waals surface area contributed by atoms with Crippen LogP contribution >= 0.6 is 0 Å². The van der Waals surface area contributed by atoms with Crippen molar-refractivity contribution in [3.8, 4) is 5.75 Å². The highest BCUT2D eigenvalue weighted by molar-refractivity contribution is 5.97. The molecule has 2 heterocycles. The van der Waals surface area contributed by atoms with Crippen LogP contribution in [0.5, 0.6) is 5.75 Å². The summed E-state index contributed by atoms with van der Waals surface area (Å²) in [7, 11) is 0. The van der Waals surface area contributed by atoms with Gasteiger partial charge in [-0.05, 0) is 24.5 Å². The summed E-state index contributed by atoms with van der Waals surface area (Å²) < 4.78 is 0. The molecule has 0 aliphatic carbocycles. The van der Waals surface area contributed by atoms with Gasteiger partial charge in [0.1, 0.15) is 11.4 Å². The Balaban J connectivity index is 1.58. The molecule has 32 heavy (non-hydrogen) atoms. The quantitative estimate of drug-likeness (QED) is 0.413. The topological polar surface area (TPSA) is 132 Å². The van der Waals surface area contributed by atoms with Gasteiger partial charge in [-0.15, -0.1) is 0 Å².